The van der Waals surface area contributed by atoms with Gasteiger partial charge in [-0.3, -0.25) is 4.79 Å². The first kappa shape index (κ1) is 14.0. The monoisotopic (exact) mass is 304 g/mol. The zero-order chi connectivity index (χ0) is 14.3. The molecule has 0 radical (unpaired) electrons. The Morgan fingerprint density at radius 2 is 1.80 bits per heavy atom. The molecule has 1 aliphatic carbocycles. The van der Waals surface area contributed by atoms with Crippen LogP contribution in [0, 0.1) is 0 Å². The zero-order valence-corrected chi connectivity index (χ0v) is 13.9. The Morgan fingerprint density at radius 3 is 2.45 bits per heavy atom. The van der Waals surface area contributed by atoms with Crippen LogP contribution >= 0.6 is 22.7 Å². The lowest BCUT2D eigenvalue weighted by atomic mass is 9.95. The molecule has 0 saturated heterocycles. The molecule has 3 rings (SSSR count). The smallest absolute Gasteiger partial charge is 0.212 e. The van der Waals surface area contributed by atoms with Crippen molar-refractivity contribution in [3.05, 3.63) is 43.3 Å². The Morgan fingerprint density at radius 1 is 1.05 bits per heavy atom. The van der Waals surface area contributed by atoms with Gasteiger partial charge in [0, 0.05) is 9.75 Å². The number of ketones is 1. The Labute approximate surface area is 128 Å². The van der Waals surface area contributed by atoms with E-state index in [1.165, 1.54) is 28.2 Å². The Balaban J connectivity index is 1.89. The third-order valence-corrected chi connectivity index (χ3v) is 6.54. The predicted molar refractivity (Wildman–Crippen MR) is 87.4 cm³/mol. The number of aryl methyl sites for hydroxylation is 2. The number of carbonyl (C=O) groups excluding carboxylic acids is 1. The molecule has 0 N–H and O–H groups in total. The molecule has 0 amide bonds. The average Bonchev–Trinajstić information content (AvgIpc) is 3.04. The lowest BCUT2D eigenvalue weighted by Crippen LogP contribution is -2.07. The van der Waals surface area contributed by atoms with Gasteiger partial charge in [0.2, 0.25) is 5.78 Å². The van der Waals surface area contributed by atoms with Crippen LogP contribution in [0.3, 0.4) is 0 Å². The number of hydrogen-bond acceptors (Lipinski definition) is 3. The van der Waals surface area contributed by atoms with E-state index in [2.05, 4.69) is 32.9 Å². The quantitative estimate of drug-likeness (QED) is 0.695. The van der Waals surface area contributed by atoms with Crippen molar-refractivity contribution in [2.75, 3.05) is 0 Å². The van der Waals surface area contributed by atoms with Crippen LogP contribution in [-0.2, 0) is 18.3 Å². The summed E-state index contributed by atoms with van der Waals surface area (Å²) in [6.07, 6.45) is 4.85. The highest BCUT2D eigenvalue weighted by atomic mass is 32.1. The van der Waals surface area contributed by atoms with Crippen LogP contribution in [0.25, 0.3) is 0 Å². The molecular weight excluding hydrogens is 284 g/mol. The van der Waals surface area contributed by atoms with Crippen molar-refractivity contribution in [3.8, 4) is 0 Å². The number of fused-ring (bicyclic) bond motifs is 1. The fourth-order valence-corrected chi connectivity index (χ4v) is 4.88. The van der Waals surface area contributed by atoms with Gasteiger partial charge < -0.3 is 0 Å². The molecule has 0 atom stereocenters. The Hall–Kier alpha value is -0.930. The van der Waals surface area contributed by atoms with Gasteiger partial charge in [0.15, 0.2) is 0 Å². The van der Waals surface area contributed by atoms with E-state index in [1.807, 2.05) is 6.07 Å². The van der Waals surface area contributed by atoms with Gasteiger partial charge in [-0.2, -0.15) is 0 Å². The first-order valence-corrected chi connectivity index (χ1v) is 8.85. The molecule has 0 aromatic carbocycles. The van der Waals surface area contributed by atoms with Gasteiger partial charge in [0.05, 0.1) is 9.75 Å². The van der Waals surface area contributed by atoms with Gasteiger partial charge in [0.25, 0.3) is 0 Å². The van der Waals surface area contributed by atoms with Gasteiger partial charge in [-0.05, 0) is 54.9 Å². The maximum atomic E-state index is 12.6. The van der Waals surface area contributed by atoms with Crippen LogP contribution in [0.5, 0.6) is 0 Å². The molecule has 106 valence electrons. The zero-order valence-electron chi connectivity index (χ0n) is 12.3. The standard InChI is InChI=1S/C17H20OS2/c1-17(2,3)15-9-8-13(20-15)16(18)14-10-11-6-4-5-7-12(11)19-14/h8-10H,4-7H2,1-3H3. The van der Waals surface area contributed by atoms with E-state index in [-0.39, 0.29) is 11.2 Å². The van der Waals surface area contributed by atoms with Crippen molar-refractivity contribution < 1.29 is 4.79 Å². The topological polar surface area (TPSA) is 17.1 Å². The molecule has 1 nitrogen and oxygen atoms in total. The second-order valence-corrected chi connectivity index (χ2v) is 8.73. The largest absolute Gasteiger partial charge is 0.287 e. The fraction of sp³-hybridized carbons (Fsp3) is 0.471. The third-order valence-electron chi connectivity index (χ3n) is 3.79. The number of hydrogen-bond donors (Lipinski definition) is 0. The van der Waals surface area contributed by atoms with E-state index in [4.69, 9.17) is 0 Å². The lowest BCUT2D eigenvalue weighted by molar-refractivity contribution is 0.104. The Bertz CT molecular complexity index is 617. The molecule has 2 aromatic heterocycles. The summed E-state index contributed by atoms with van der Waals surface area (Å²) in [4.78, 5) is 17.2. The van der Waals surface area contributed by atoms with Crippen LogP contribution in [-0.4, -0.2) is 5.78 Å². The molecule has 0 fully saturated rings. The number of rotatable bonds is 2. The molecule has 0 aliphatic heterocycles. The molecule has 1 aliphatic rings. The first-order chi connectivity index (χ1) is 9.45. The van der Waals surface area contributed by atoms with Gasteiger partial charge in [-0.1, -0.05) is 20.8 Å². The summed E-state index contributed by atoms with van der Waals surface area (Å²) >= 11 is 3.36. The summed E-state index contributed by atoms with van der Waals surface area (Å²) < 4.78 is 0. The lowest BCUT2D eigenvalue weighted by Gasteiger charge is -2.15. The van der Waals surface area contributed by atoms with Crippen molar-refractivity contribution in [2.45, 2.75) is 51.9 Å². The fourth-order valence-electron chi connectivity index (χ4n) is 2.59. The van der Waals surface area contributed by atoms with Crippen LogP contribution in [0.2, 0.25) is 0 Å². The molecule has 2 aromatic rings. The van der Waals surface area contributed by atoms with Crippen molar-refractivity contribution in [1.82, 2.24) is 0 Å². The minimum absolute atomic E-state index is 0.123. The number of carbonyl (C=O) groups is 1. The molecule has 0 unspecified atom stereocenters. The van der Waals surface area contributed by atoms with E-state index >= 15 is 0 Å². The van der Waals surface area contributed by atoms with Crippen molar-refractivity contribution in [1.29, 1.82) is 0 Å². The van der Waals surface area contributed by atoms with Crippen LogP contribution in [0.15, 0.2) is 18.2 Å². The third kappa shape index (κ3) is 2.61. The highest BCUT2D eigenvalue weighted by Crippen LogP contribution is 2.34. The molecule has 0 bridgehead atoms. The van der Waals surface area contributed by atoms with E-state index < -0.39 is 0 Å². The number of thiophene rings is 2. The summed E-state index contributed by atoms with van der Waals surface area (Å²) in [6.45, 7) is 6.57. The molecule has 20 heavy (non-hydrogen) atoms. The summed E-state index contributed by atoms with van der Waals surface area (Å²) in [5.41, 5.74) is 1.54. The highest BCUT2D eigenvalue weighted by molar-refractivity contribution is 7.17. The van der Waals surface area contributed by atoms with Gasteiger partial charge in [-0.25, -0.2) is 0 Å². The minimum atomic E-state index is 0.123. The summed E-state index contributed by atoms with van der Waals surface area (Å²) in [6, 6.07) is 6.23. The maximum Gasteiger partial charge on any atom is 0.212 e. The molecular formula is C17H20OS2. The SMILES string of the molecule is CC(C)(C)c1ccc(C(=O)c2cc3c(s2)CCCC3)s1. The molecule has 0 saturated carbocycles. The molecule has 0 spiro atoms. The first-order valence-electron chi connectivity index (χ1n) is 7.22. The van der Waals surface area contributed by atoms with E-state index in [0.717, 1.165) is 22.6 Å². The minimum Gasteiger partial charge on any atom is -0.287 e. The van der Waals surface area contributed by atoms with Crippen molar-refractivity contribution >= 4 is 28.5 Å². The average molecular weight is 304 g/mol. The van der Waals surface area contributed by atoms with E-state index in [9.17, 15) is 4.79 Å². The highest BCUT2D eigenvalue weighted by Gasteiger charge is 2.22. The second-order valence-electron chi connectivity index (χ2n) is 6.51. The second kappa shape index (κ2) is 5.12. The Kier molecular flexibility index (Phi) is 3.59. The van der Waals surface area contributed by atoms with Crippen molar-refractivity contribution in [2.24, 2.45) is 0 Å². The summed E-state index contributed by atoms with van der Waals surface area (Å²) in [7, 11) is 0. The van der Waals surface area contributed by atoms with Crippen molar-refractivity contribution in [3.63, 3.8) is 0 Å². The van der Waals surface area contributed by atoms with Gasteiger partial charge in [0.1, 0.15) is 0 Å². The molecule has 3 heteroatoms. The summed E-state index contributed by atoms with van der Waals surface area (Å²) in [5.74, 6) is 0.213. The van der Waals surface area contributed by atoms with E-state index in [1.54, 1.807) is 22.7 Å². The van der Waals surface area contributed by atoms with Crippen LogP contribution in [0.4, 0.5) is 0 Å². The van der Waals surface area contributed by atoms with Gasteiger partial charge in [-0.15, -0.1) is 22.7 Å². The summed E-state index contributed by atoms with van der Waals surface area (Å²) in [5, 5.41) is 0. The van der Waals surface area contributed by atoms with Gasteiger partial charge >= 0.3 is 0 Å². The normalized spacial score (nSPS) is 15.2. The van der Waals surface area contributed by atoms with Crippen LogP contribution in [0.1, 0.15) is 63.5 Å². The maximum absolute atomic E-state index is 12.6. The molecule has 2 heterocycles. The van der Waals surface area contributed by atoms with E-state index in [0.29, 0.717) is 0 Å². The van der Waals surface area contributed by atoms with Crippen LogP contribution < -0.4 is 0 Å². The predicted octanol–water partition coefficient (Wildman–Crippen LogP) is 5.22.